The standard InChI is InChI=1S/C21H24N6O2S/c1-29-15-6-2-4-13(10-15)21-26-18(19(23)30-21)20(28)25-16-11-24-8-7-17(16)27-9-3-5-14(22)12-27/h2,4,6-8,10-11,14H,3,5,9,12,22-23H2,1H3,(H,25,28)/t14-/m0/s1. The molecule has 9 heteroatoms. The van der Waals surface area contributed by atoms with Gasteiger partial charge in [-0.3, -0.25) is 9.78 Å². The van der Waals surface area contributed by atoms with Gasteiger partial charge in [0.25, 0.3) is 5.91 Å². The maximum Gasteiger partial charge on any atom is 0.277 e. The van der Waals surface area contributed by atoms with Crippen molar-refractivity contribution in [1.82, 2.24) is 9.97 Å². The minimum atomic E-state index is -0.367. The SMILES string of the molecule is COc1cccc(-c2nc(C(=O)Nc3cnccc3N3CCC[C@H](N)C3)c(N)s2)c1. The van der Waals surface area contributed by atoms with Crippen molar-refractivity contribution in [3.05, 3.63) is 48.4 Å². The Bertz CT molecular complexity index is 1050. The monoisotopic (exact) mass is 424 g/mol. The number of rotatable bonds is 5. The van der Waals surface area contributed by atoms with E-state index in [2.05, 4.69) is 20.2 Å². The van der Waals surface area contributed by atoms with Gasteiger partial charge < -0.3 is 26.4 Å². The predicted molar refractivity (Wildman–Crippen MR) is 120 cm³/mol. The van der Waals surface area contributed by atoms with Gasteiger partial charge in [0.15, 0.2) is 5.69 Å². The highest BCUT2D eigenvalue weighted by Gasteiger charge is 2.22. The van der Waals surface area contributed by atoms with E-state index in [4.69, 9.17) is 16.2 Å². The van der Waals surface area contributed by atoms with Gasteiger partial charge in [-0.1, -0.05) is 23.5 Å². The van der Waals surface area contributed by atoms with Crippen LogP contribution in [0.3, 0.4) is 0 Å². The second-order valence-corrected chi connectivity index (χ2v) is 8.19. The zero-order valence-electron chi connectivity index (χ0n) is 16.7. The molecule has 156 valence electrons. The number of methoxy groups -OCH3 is 1. The maximum absolute atomic E-state index is 13.0. The largest absolute Gasteiger partial charge is 0.497 e. The number of carbonyl (C=O) groups excluding carboxylic acids is 1. The molecule has 1 aliphatic heterocycles. The molecule has 1 atom stereocenters. The molecule has 3 heterocycles. The number of benzene rings is 1. The van der Waals surface area contributed by atoms with Crippen molar-refractivity contribution in [2.24, 2.45) is 5.73 Å². The molecule has 0 saturated carbocycles. The van der Waals surface area contributed by atoms with Crippen molar-refractivity contribution in [1.29, 1.82) is 0 Å². The van der Waals surface area contributed by atoms with E-state index >= 15 is 0 Å². The van der Waals surface area contributed by atoms with Crippen LogP contribution >= 0.6 is 11.3 Å². The van der Waals surface area contributed by atoms with Crippen LogP contribution in [-0.2, 0) is 0 Å². The summed E-state index contributed by atoms with van der Waals surface area (Å²) in [7, 11) is 1.61. The summed E-state index contributed by atoms with van der Waals surface area (Å²) < 4.78 is 5.26. The molecule has 4 rings (SSSR count). The van der Waals surface area contributed by atoms with E-state index < -0.39 is 0 Å². The van der Waals surface area contributed by atoms with Gasteiger partial charge in [-0.15, -0.1) is 0 Å². The molecule has 0 bridgehead atoms. The predicted octanol–water partition coefficient (Wildman–Crippen LogP) is 2.98. The highest BCUT2D eigenvalue weighted by molar-refractivity contribution is 7.19. The van der Waals surface area contributed by atoms with Crippen LogP contribution in [0.1, 0.15) is 23.3 Å². The highest BCUT2D eigenvalue weighted by atomic mass is 32.1. The van der Waals surface area contributed by atoms with Crippen molar-refractivity contribution >= 4 is 33.6 Å². The summed E-state index contributed by atoms with van der Waals surface area (Å²) in [5, 5.41) is 3.94. The number of nitrogens with two attached hydrogens (primary N) is 2. The van der Waals surface area contributed by atoms with Crippen LogP contribution in [0.25, 0.3) is 10.6 Å². The number of carbonyl (C=O) groups is 1. The number of pyridine rings is 1. The van der Waals surface area contributed by atoms with Crippen LogP contribution in [-0.4, -0.2) is 42.1 Å². The average molecular weight is 425 g/mol. The van der Waals surface area contributed by atoms with Crippen molar-refractivity contribution in [3.8, 4) is 16.3 Å². The lowest BCUT2D eigenvalue weighted by atomic mass is 10.1. The molecule has 8 nitrogen and oxygen atoms in total. The number of hydrogen-bond donors (Lipinski definition) is 3. The lowest BCUT2D eigenvalue weighted by molar-refractivity contribution is 0.102. The number of aromatic nitrogens is 2. The van der Waals surface area contributed by atoms with Crippen LogP contribution in [0.5, 0.6) is 5.75 Å². The number of nitrogen functional groups attached to an aromatic ring is 1. The number of nitrogens with zero attached hydrogens (tertiary/aromatic N) is 3. The topological polar surface area (TPSA) is 119 Å². The zero-order valence-corrected chi connectivity index (χ0v) is 17.5. The number of nitrogens with one attached hydrogen (secondary N) is 1. The van der Waals surface area contributed by atoms with E-state index in [1.807, 2.05) is 30.3 Å². The molecule has 1 fully saturated rings. The van der Waals surface area contributed by atoms with Crippen LogP contribution in [0.15, 0.2) is 42.7 Å². The Morgan fingerprint density at radius 3 is 3.03 bits per heavy atom. The van der Waals surface area contributed by atoms with Crippen molar-refractivity contribution < 1.29 is 9.53 Å². The molecule has 3 aromatic rings. The molecule has 5 N–H and O–H groups in total. The smallest absolute Gasteiger partial charge is 0.277 e. The fourth-order valence-electron chi connectivity index (χ4n) is 3.54. The lowest BCUT2D eigenvalue weighted by Gasteiger charge is -2.33. The normalized spacial score (nSPS) is 16.3. The van der Waals surface area contributed by atoms with Crippen molar-refractivity contribution in [3.63, 3.8) is 0 Å². The Balaban J connectivity index is 1.57. The number of amides is 1. The summed E-state index contributed by atoms with van der Waals surface area (Å²) >= 11 is 1.27. The third kappa shape index (κ3) is 4.22. The first-order valence-corrected chi connectivity index (χ1v) is 10.5. The van der Waals surface area contributed by atoms with Gasteiger partial charge in [-0.05, 0) is 31.0 Å². The van der Waals surface area contributed by atoms with Gasteiger partial charge in [0, 0.05) is 30.9 Å². The third-order valence-corrected chi connectivity index (χ3v) is 5.96. The van der Waals surface area contributed by atoms with Crippen LogP contribution in [0.4, 0.5) is 16.4 Å². The third-order valence-electron chi connectivity index (χ3n) is 5.03. The first-order chi connectivity index (χ1) is 14.5. The average Bonchev–Trinajstić information content (AvgIpc) is 3.16. The van der Waals surface area contributed by atoms with Crippen molar-refractivity contribution in [2.45, 2.75) is 18.9 Å². The van der Waals surface area contributed by atoms with Crippen LogP contribution < -0.4 is 26.4 Å². The Morgan fingerprint density at radius 1 is 1.37 bits per heavy atom. The fourth-order valence-corrected chi connectivity index (χ4v) is 4.37. The lowest BCUT2D eigenvalue weighted by Crippen LogP contribution is -2.43. The molecule has 1 amide bonds. The molecule has 2 aromatic heterocycles. The number of thiazole rings is 1. The fraction of sp³-hybridized carbons (Fsp3) is 0.286. The molecule has 0 aliphatic carbocycles. The number of hydrogen-bond acceptors (Lipinski definition) is 8. The summed E-state index contributed by atoms with van der Waals surface area (Å²) in [6.07, 6.45) is 5.37. The summed E-state index contributed by atoms with van der Waals surface area (Å²) in [6, 6.07) is 9.50. The van der Waals surface area contributed by atoms with E-state index in [1.165, 1.54) is 11.3 Å². The number of anilines is 3. The molecule has 0 spiro atoms. The summed E-state index contributed by atoms with van der Waals surface area (Å²) in [6.45, 7) is 1.63. The molecule has 1 aliphatic rings. The molecule has 30 heavy (non-hydrogen) atoms. The molecule has 1 aromatic carbocycles. The molecular formula is C21H24N6O2S. The van der Waals surface area contributed by atoms with E-state index in [0.717, 1.165) is 37.2 Å². The Morgan fingerprint density at radius 2 is 2.23 bits per heavy atom. The first kappa shape index (κ1) is 20.1. The zero-order chi connectivity index (χ0) is 21.1. The van der Waals surface area contributed by atoms with Crippen LogP contribution in [0.2, 0.25) is 0 Å². The van der Waals surface area contributed by atoms with E-state index in [9.17, 15) is 4.79 Å². The minimum absolute atomic E-state index is 0.120. The van der Waals surface area contributed by atoms with Crippen LogP contribution in [0, 0.1) is 0 Å². The van der Waals surface area contributed by atoms with Gasteiger partial charge in [-0.2, -0.15) is 0 Å². The summed E-state index contributed by atoms with van der Waals surface area (Å²) in [4.78, 5) is 23.8. The van der Waals surface area contributed by atoms with E-state index in [0.29, 0.717) is 21.4 Å². The van der Waals surface area contributed by atoms with Crippen molar-refractivity contribution in [2.75, 3.05) is 36.1 Å². The summed E-state index contributed by atoms with van der Waals surface area (Å²) in [5.41, 5.74) is 14.8. The quantitative estimate of drug-likeness (QED) is 0.576. The Kier molecular flexibility index (Phi) is 5.82. The maximum atomic E-state index is 13.0. The summed E-state index contributed by atoms with van der Waals surface area (Å²) in [5.74, 6) is 0.348. The Labute approximate surface area is 178 Å². The molecule has 0 radical (unpaired) electrons. The second kappa shape index (κ2) is 8.68. The number of piperidine rings is 1. The van der Waals surface area contributed by atoms with Gasteiger partial charge >= 0.3 is 0 Å². The molecule has 0 unspecified atom stereocenters. The molecular weight excluding hydrogens is 400 g/mol. The van der Waals surface area contributed by atoms with Gasteiger partial charge in [0.2, 0.25) is 0 Å². The van der Waals surface area contributed by atoms with Gasteiger partial charge in [-0.25, -0.2) is 4.98 Å². The Hall–Kier alpha value is -3.17. The van der Waals surface area contributed by atoms with Gasteiger partial charge in [0.05, 0.1) is 24.7 Å². The first-order valence-electron chi connectivity index (χ1n) is 9.71. The highest BCUT2D eigenvalue weighted by Crippen LogP contribution is 2.33. The number of ether oxygens (including phenoxy) is 1. The second-order valence-electron chi connectivity index (χ2n) is 7.16. The molecule has 1 saturated heterocycles. The van der Waals surface area contributed by atoms with E-state index in [-0.39, 0.29) is 17.6 Å². The van der Waals surface area contributed by atoms with E-state index in [1.54, 1.807) is 19.5 Å². The minimum Gasteiger partial charge on any atom is -0.497 e. The van der Waals surface area contributed by atoms with Gasteiger partial charge in [0.1, 0.15) is 15.8 Å².